The zero-order valence-electron chi connectivity index (χ0n) is 10.8. The van der Waals surface area contributed by atoms with E-state index in [2.05, 4.69) is 15.4 Å². The summed E-state index contributed by atoms with van der Waals surface area (Å²) in [6, 6.07) is 7.80. The number of nitrogens with zero attached hydrogens (tertiary/aromatic N) is 3. The molecule has 0 saturated heterocycles. The standard InChI is InChI=1S/C13H15N5O/c1-8-12(9(2)19-18-8)11-5-3-4-10(6-11)7-16-17-13(14)15/h3-7H,1-2H3,(H4,14,15,17). The molecule has 4 N–H and O–H groups in total. The van der Waals surface area contributed by atoms with E-state index < -0.39 is 0 Å². The van der Waals surface area contributed by atoms with Crippen LogP contribution in [0.25, 0.3) is 11.1 Å². The van der Waals surface area contributed by atoms with Crippen LogP contribution in [0, 0.1) is 13.8 Å². The largest absolute Gasteiger partial charge is 0.369 e. The Morgan fingerprint density at radius 1 is 1.32 bits per heavy atom. The highest BCUT2D eigenvalue weighted by atomic mass is 16.5. The summed E-state index contributed by atoms with van der Waals surface area (Å²) < 4.78 is 5.16. The lowest BCUT2D eigenvalue weighted by atomic mass is 10.0. The van der Waals surface area contributed by atoms with Gasteiger partial charge in [0.25, 0.3) is 0 Å². The molecule has 1 heterocycles. The number of aromatic nitrogens is 1. The first kappa shape index (κ1) is 12.8. The van der Waals surface area contributed by atoms with Crippen molar-refractivity contribution in [3.63, 3.8) is 0 Å². The van der Waals surface area contributed by atoms with E-state index in [0.29, 0.717) is 0 Å². The molecule has 1 aromatic heterocycles. The van der Waals surface area contributed by atoms with Crippen molar-refractivity contribution >= 4 is 12.2 Å². The third-order valence-electron chi connectivity index (χ3n) is 2.59. The van der Waals surface area contributed by atoms with Crippen LogP contribution >= 0.6 is 0 Å². The van der Waals surface area contributed by atoms with Gasteiger partial charge in [-0.15, -0.1) is 5.10 Å². The maximum atomic E-state index is 5.20. The van der Waals surface area contributed by atoms with E-state index in [-0.39, 0.29) is 5.96 Å². The second-order valence-corrected chi connectivity index (χ2v) is 4.09. The fourth-order valence-corrected chi connectivity index (χ4v) is 1.83. The molecule has 0 atom stereocenters. The van der Waals surface area contributed by atoms with Crippen LogP contribution in [-0.4, -0.2) is 17.3 Å². The average molecular weight is 257 g/mol. The van der Waals surface area contributed by atoms with Gasteiger partial charge in [-0.1, -0.05) is 23.4 Å². The van der Waals surface area contributed by atoms with E-state index in [1.807, 2.05) is 38.1 Å². The summed E-state index contributed by atoms with van der Waals surface area (Å²) in [5.74, 6) is 0.717. The molecular formula is C13H15N5O. The Morgan fingerprint density at radius 2 is 2.11 bits per heavy atom. The normalized spacial score (nSPS) is 10.8. The molecule has 0 aliphatic carbocycles. The molecule has 2 aromatic rings. The van der Waals surface area contributed by atoms with Gasteiger partial charge >= 0.3 is 0 Å². The number of benzene rings is 1. The van der Waals surface area contributed by atoms with Crippen molar-refractivity contribution in [2.24, 2.45) is 21.7 Å². The minimum absolute atomic E-state index is 0.0712. The summed E-state index contributed by atoms with van der Waals surface area (Å²) in [7, 11) is 0. The predicted octanol–water partition coefficient (Wildman–Crippen LogP) is 1.57. The summed E-state index contributed by atoms with van der Waals surface area (Å²) in [4.78, 5) is 0. The van der Waals surface area contributed by atoms with E-state index in [0.717, 1.165) is 28.1 Å². The van der Waals surface area contributed by atoms with Gasteiger partial charge in [0, 0.05) is 5.56 Å². The number of nitrogens with two attached hydrogens (primary N) is 2. The molecule has 98 valence electrons. The number of hydrogen-bond acceptors (Lipinski definition) is 4. The fourth-order valence-electron chi connectivity index (χ4n) is 1.83. The smallest absolute Gasteiger partial charge is 0.211 e. The number of hydrogen-bond donors (Lipinski definition) is 2. The molecule has 0 aliphatic rings. The Morgan fingerprint density at radius 3 is 2.74 bits per heavy atom. The topological polar surface area (TPSA) is 103 Å². The lowest BCUT2D eigenvalue weighted by Crippen LogP contribution is -2.21. The molecule has 0 bridgehead atoms. The third-order valence-corrected chi connectivity index (χ3v) is 2.59. The SMILES string of the molecule is Cc1noc(C)c1-c1cccc(C=NN=C(N)N)c1. The van der Waals surface area contributed by atoms with Crippen molar-refractivity contribution in [3.8, 4) is 11.1 Å². The van der Waals surface area contributed by atoms with Gasteiger partial charge in [-0.05, 0) is 31.0 Å². The molecule has 0 saturated carbocycles. The highest BCUT2D eigenvalue weighted by Gasteiger charge is 2.11. The molecule has 6 nitrogen and oxygen atoms in total. The van der Waals surface area contributed by atoms with Crippen LogP contribution < -0.4 is 11.5 Å². The molecular weight excluding hydrogens is 242 g/mol. The van der Waals surface area contributed by atoms with Crippen LogP contribution in [-0.2, 0) is 0 Å². The molecule has 2 rings (SSSR count). The molecule has 0 fully saturated rings. The minimum atomic E-state index is -0.0712. The number of aryl methyl sites for hydroxylation is 2. The number of guanidine groups is 1. The highest BCUT2D eigenvalue weighted by molar-refractivity contribution is 5.84. The number of rotatable bonds is 3. The summed E-state index contributed by atoms with van der Waals surface area (Å²) in [5.41, 5.74) is 14.2. The van der Waals surface area contributed by atoms with Gasteiger partial charge in [0.1, 0.15) is 5.76 Å². The van der Waals surface area contributed by atoms with Gasteiger partial charge in [-0.25, -0.2) is 0 Å². The first-order chi connectivity index (χ1) is 9.08. The fraction of sp³-hybridized carbons (Fsp3) is 0.154. The Kier molecular flexibility index (Phi) is 3.61. The highest BCUT2D eigenvalue weighted by Crippen LogP contribution is 2.26. The van der Waals surface area contributed by atoms with E-state index in [9.17, 15) is 0 Å². The average Bonchev–Trinajstić information content (AvgIpc) is 2.69. The van der Waals surface area contributed by atoms with Crippen molar-refractivity contribution in [2.75, 3.05) is 0 Å². The van der Waals surface area contributed by atoms with Gasteiger partial charge in [0.15, 0.2) is 0 Å². The first-order valence-electron chi connectivity index (χ1n) is 5.73. The summed E-state index contributed by atoms with van der Waals surface area (Å²) in [6.45, 7) is 3.79. The van der Waals surface area contributed by atoms with Crippen molar-refractivity contribution in [2.45, 2.75) is 13.8 Å². The van der Waals surface area contributed by atoms with Gasteiger partial charge in [-0.2, -0.15) is 5.10 Å². The van der Waals surface area contributed by atoms with Crippen molar-refractivity contribution in [1.82, 2.24) is 5.16 Å². The van der Waals surface area contributed by atoms with Gasteiger partial charge in [0.05, 0.1) is 11.9 Å². The maximum Gasteiger partial charge on any atom is 0.211 e. The molecule has 0 radical (unpaired) electrons. The van der Waals surface area contributed by atoms with Crippen LogP contribution in [0.2, 0.25) is 0 Å². The van der Waals surface area contributed by atoms with Crippen LogP contribution in [0.5, 0.6) is 0 Å². The van der Waals surface area contributed by atoms with E-state index in [1.165, 1.54) is 0 Å². The van der Waals surface area contributed by atoms with Crippen molar-refractivity contribution in [1.29, 1.82) is 0 Å². The van der Waals surface area contributed by atoms with E-state index in [1.54, 1.807) is 6.21 Å². The molecule has 0 unspecified atom stereocenters. The molecule has 1 aromatic carbocycles. The second-order valence-electron chi connectivity index (χ2n) is 4.09. The van der Waals surface area contributed by atoms with Crippen LogP contribution in [0.3, 0.4) is 0 Å². The van der Waals surface area contributed by atoms with Crippen molar-refractivity contribution in [3.05, 3.63) is 41.3 Å². The Balaban J connectivity index is 2.35. The van der Waals surface area contributed by atoms with Crippen LogP contribution in [0.4, 0.5) is 0 Å². The molecule has 6 heteroatoms. The summed E-state index contributed by atoms with van der Waals surface area (Å²) in [5, 5.41) is 11.3. The van der Waals surface area contributed by atoms with Gasteiger partial charge in [-0.3, -0.25) is 0 Å². The van der Waals surface area contributed by atoms with Crippen LogP contribution in [0.1, 0.15) is 17.0 Å². The minimum Gasteiger partial charge on any atom is -0.369 e. The quantitative estimate of drug-likeness (QED) is 0.494. The predicted molar refractivity (Wildman–Crippen MR) is 74.8 cm³/mol. The molecule has 19 heavy (non-hydrogen) atoms. The zero-order valence-corrected chi connectivity index (χ0v) is 10.8. The van der Waals surface area contributed by atoms with Crippen molar-refractivity contribution < 1.29 is 4.52 Å². The van der Waals surface area contributed by atoms with E-state index in [4.69, 9.17) is 16.0 Å². The summed E-state index contributed by atoms with van der Waals surface area (Å²) >= 11 is 0. The van der Waals surface area contributed by atoms with E-state index >= 15 is 0 Å². The first-order valence-corrected chi connectivity index (χ1v) is 5.73. The lowest BCUT2D eigenvalue weighted by Gasteiger charge is -2.01. The maximum absolute atomic E-state index is 5.20. The second kappa shape index (κ2) is 5.34. The van der Waals surface area contributed by atoms with Crippen LogP contribution in [0.15, 0.2) is 39.0 Å². The Hall–Kier alpha value is -2.63. The Labute approximate surface area is 110 Å². The monoisotopic (exact) mass is 257 g/mol. The van der Waals surface area contributed by atoms with Gasteiger partial charge in [0.2, 0.25) is 5.96 Å². The lowest BCUT2D eigenvalue weighted by molar-refractivity contribution is 0.393. The molecule has 0 spiro atoms. The Bertz CT molecular complexity index is 619. The van der Waals surface area contributed by atoms with Gasteiger partial charge < -0.3 is 16.0 Å². The summed E-state index contributed by atoms with van der Waals surface area (Å²) in [6.07, 6.45) is 1.58. The molecule has 0 amide bonds. The third kappa shape index (κ3) is 2.98. The zero-order chi connectivity index (χ0) is 13.8. The molecule has 0 aliphatic heterocycles.